The van der Waals surface area contributed by atoms with Crippen molar-refractivity contribution in [2.45, 2.75) is 20.3 Å². The summed E-state index contributed by atoms with van der Waals surface area (Å²) in [5.41, 5.74) is 3.07. The summed E-state index contributed by atoms with van der Waals surface area (Å²) in [5, 5.41) is 0.675. The van der Waals surface area contributed by atoms with Crippen molar-refractivity contribution in [3.8, 4) is 0 Å². The summed E-state index contributed by atoms with van der Waals surface area (Å²) in [6.45, 7) is 3.57. The maximum absolute atomic E-state index is 11.6. The molecule has 0 aliphatic carbocycles. The number of benzene rings is 1. The Hall–Kier alpha value is -1.87. The molecule has 0 unspecified atom stereocenters. The van der Waals surface area contributed by atoms with Gasteiger partial charge in [-0.05, 0) is 42.3 Å². The molecule has 2 rings (SSSR count). The molecule has 1 N–H and O–H groups in total. The van der Waals surface area contributed by atoms with E-state index >= 15 is 0 Å². The van der Waals surface area contributed by atoms with Crippen LogP contribution in [0, 0.1) is 0 Å². The van der Waals surface area contributed by atoms with Gasteiger partial charge in [-0.15, -0.1) is 0 Å². The van der Waals surface area contributed by atoms with Crippen LogP contribution in [0.1, 0.15) is 29.9 Å². The highest BCUT2D eigenvalue weighted by Crippen LogP contribution is 2.15. The number of H-pyrrole nitrogens is 1. The first-order valence-electron chi connectivity index (χ1n) is 6.13. The maximum Gasteiger partial charge on any atom is 0.176 e. The summed E-state index contributed by atoms with van der Waals surface area (Å²) in [5.74, 6) is 0.0185. The van der Waals surface area contributed by atoms with E-state index in [-0.39, 0.29) is 5.78 Å². The minimum atomic E-state index is 0.0185. The fourth-order valence-corrected chi connectivity index (χ4v) is 1.97. The van der Waals surface area contributed by atoms with Gasteiger partial charge in [-0.2, -0.15) is 0 Å². The lowest BCUT2D eigenvalue weighted by Crippen LogP contribution is -2.14. The summed E-state index contributed by atoms with van der Waals surface area (Å²) < 4.78 is 0. The van der Waals surface area contributed by atoms with E-state index in [1.54, 1.807) is 19.1 Å². The number of aryl methyl sites for hydroxylation is 1. The van der Waals surface area contributed by atoms with Crippen molar-refractivity contribution >= 4 is 23.1 Å². The number of pyridine rings is 1. The van der Waals surface area contributed by atoms with E-state index in [9.17, 15) is 4.79 Å². The number of nitrogens with one attached hydrogen (secondary N) is 1. The molecule has 0 saturated carbocycles. The van der Waals surface area contributed by atoms with Crippen molar-refractivity contribution in [1.29, 1.82) is 0 Å². The van der Waals surface area contributed by atoms with Crippen LogP contribution in [-0.4, -0.2) is 10.8 Å². The van der Waals surface area contributed by atoms with Crippen LogP contribution in [0.3, 0.4) is 0 Å². The van der Waals surface area contributed by atoms with Crippen molar-refractivity contribution < 1.29 is 4.79 Å². The number of aromatic nitrogens is 1. The highest BCUT2D eigenvalue weighted by Gasteiger charge is 2.05. The van der Waals surface area contributed by atoms with Gasteiger partial charge in [0.05, 0.1) is 11.4 Å². The molecule has 0 spiro atoms. The van der Waals surface area contributed by atoms with Crippen LogP contribution in [0.2, 0.25) is 5.02 Å². The third-order valence-corrected chi connectivity index (χ3v) is 3.08. The molecule has 0 amide bonds. The summed E-state index contributed by atoms with van der Waals surface area (Å²) >= 11 is 5.83. The monoisotopic (exact) mass is 274 g/mol. The molecule has 98 valence electrons. The molecular weight excluding hydrogens is 260 g/mol. The molecular formula is C15H15ClN2O. The van der Waals surface area contributed by atoms with E-state index in [0.717, 1.165) is 17.7 Å². The molecule has 19 heavy (non-hydrogen) atoms. The third kappa shape index (κ3) is 3.32. The van der Waals surface area contributed by atoms with Crippen LogP contribution in [0.25, 0.3) is 0 Å². The fourth-order valence-electron chi connectivity index (χ4n) is 1.84. The zero-order valence-electron chi connectivity index (χ0n) is 10.9. The highest BCUT2D eigenvalue weighted by atomic mass is 35.5. The molecule has 0 fully saturated rings. The van der Waals surface area contributed by atoms with Gasteiger partial charge in [0.1, 0.15) is 5.49 Å². The topological polar surface area (TPSA) is 45.2 Å². The number of nitrogens with zero attached hydrogens (tertiary/aromatic N) is 1. The second kappa shape index (κ2) is 5.85. The van der Waals surface area contributed by atoms with E-state index in [1.165, 1.54) is 0 Å². The van der Waals surface area contributed by atoms with Gasteiger partial charge in [-0.1, -0.05) is 24.6 Å². The Labute approximate surface area is 117 Å². The average Bonchev–Trinajstić information content (AvgIpc) is 2.41. The smallest absolute Gasteiger partial charge is 0.176 e. The predicted octanol–water partition coefficient (Wildman–Crippen LogP) is 3.67. The quantitative estimate of drug-likeness (QED) is 0.853. The zero-order valence-corrected chi connectivity index (χ0v) is 11.7. The molecule has 1 aromatic carbocycles. The summed E-state index contributed by atoms with van der Waals surface area (Å²) in [7, 11) is 0. The summed E-state index contributed by atoms with van der Waals surface area (Å²) in [4.78, 5) is 19.1. The second-order valence-electron chi connectivity index (χ2n) is 4.24. The SMILES string of the molecule is CCc1ccc(=Nc2ccc(Cl)cc2)[nH]c1C(C)=O. The number of halogens is 1. The first-order valence-corrected chi connectivity index (χ1v) is 6.51. The third-order valence-electron chi connectivity index (χ3n) is 2.83. The lowest BCUT2D eigenvalue weighted by molar-refractivity contribution is 0.101. The van der Waals surface area contributed by atoms with Crippen LogP contribution >= 0.6 is 11.6 Å². The minimum absolute atomic E-state index is 0.0185. The van der Waals surface area contributed by atoms with Gasteiger partial charge in [0, 0.05) is 11.9 Å². The van der Waals surface area contributed by atoms with Gasteiger partial charge in [-0.3, -0.25) is 4.79 Å². The largest absolute Gasteiger partial charge is 0.337 e. The molecule has 1 aromatic heterocycles. The Bertz CT molecular complexity index is 657. The normalized spacial score (nSPS) is 11.6. The molecule has 2 aromatic rings. The van der Waals surface area contributed by atoms with Crippen LogP contribution in [0.4, 0.5) is 5.69 Å². The average molecular weight is 275 g/mol. The molecule has 0 atom stereocenters. The zero-order chi connectivity index (χ0) is 13.8. The van der Waals surface area contributed by atoms with E-state index in [4.69, 9.17) is 11.6 Å². The van der Waals surface area contributed by atoms with Crippen LogP contribution in [0.5, 0.6) is 0 Å². The summed E-state index contributed by atoms with van der Waals surface area (Å²) in [6.07, 6.45) is 0.812. The van der Waals surface area contributed by atoms with Gasteiger partial charge in [0.2, 0.25) is 0 Å². The number of aromatic amines is 1. The first kappa shape index (κ1) is 13.6. The van der Waals surface area contributed by atoms with Crippen LogP contribution in [-0.2, 0) is 6.42 Å². The number of Topliss-reactive ketones (excluding diaryl/α,β-unsaturated/α-hetero) is 1. The first-order chi connectivity index (χ1) is 9.10. The second-order valence-corrected chi connectivity index (χ2v) is 4.68. The molecule has 3 nitrogen and oxygen atoms in total. The Kier molecular flexibility index (Phi) is 4.17. The molecule has 4 heteroatoms. The summed E-state index contributed by atoms with van der Waals surface area (Å²) in [6, 6.07) is 11.0. The number of hydrogen-bond donors (Lipinski definition) is 1. The lowest BCUT2D eigenvalue weighted by Gasteiger charge is -2.04. The Morgan fingerprint density at radius 2 is 1.89 bits per heavy atom. The maximum atomic E-state index is 11.6. The van der Waals surface area contributed by atoms with E-state index in [1.807, 2.05) is 31.2 Å². The van der Waals surface area contributed by atoms with Gasteiger partial charge >= 0.3 is 0 Å². The van der Waals surface area contributed by atoms with Gasteiger partial charge < -0.3 is 4.98 Å². The van der Waals surface area contributed by atoms with Crippen molar-refractivity contribution in [1.82, 2.24) is 4.98 Å². The minimum Gasteiger partial charge on any atom is -0.337 e. The fraction of sp³-hybridized carbons (Fsp3) is 0.200. The van der Waals surface area contributed by atoms with Crippen LogP contribution < -0.4 is 5.49 Å². The Morgan fingerprint density at radius 1 is 1.21 bits per heavy atom. The predicted molar refractivity (Wildman–Crippen MR) is 76.9 cm³/mol. The lowest BCUT2D eigenvalue weighted by atomic mass is 10.1. The number of carbonyl (C=O) groups is 1. The standard InChI is InChI=1S/C15H15ClN2O/c1-3-11-4-9-14(18-15(11)10(2)19)17-13-7-5-12(16)6-8-13/h4-9H,3H2,1-2H3,(H,17,18). The number of carbonyl (C=O) groups excluding carboxylic acids is 1. The van der Waals surface area contributed by atoms with Gasteiger partial charge in [-0.25, -0.2) is 4.99 Å². The van der Waals surface area contributed by atoms with Crippen molar-refractivity contribution in [2.75, 3.05) is 0 Å². The van der Waals surface area contributed by atoms with E-state index in [2.05, 4.69) is 9.98 Å². The van der Waals surface area contributed by atoms with Gasteiger partial charge in [0.15, 0.2) is 5.78 Å². The molecule has 0 aliphatic heterocycles. The Balaban J connectivity index is 2.48. The molecule has 0 aliphatic rings. The number of ketones is 1. The van der Waals surface area contributed by atoms with Gasteiger partial charge in [0.25, 0.3) is 0 Å². The van der Waals surface area contributed by atoms with Crippen molar-refractivity contribution in [3.05, 3.63) is 58.2 Å². The highest BCUT2D eigenvalue weighted by molar-refractivity contribution is 6.30. The molecule has 1 heterocycles. The number of hydrogen-bond acceptors (Lipinski definition) is 2. The van der Waals surface area contributed by atoms with Crippen molar-refractivity contribution in [3.63, 3.8) is 0 Å². The number of rotatable bonds is 3. The van der Waals surface area contributed by atoms with E-state index in [0.29, 0.717) is 16.2 Å². The molecule has 0 bridgehead atoms. The van der Waals surface area contributed by atoms with Crippen molar-refractivity contribution in [2.24, 2.45) is 4.99 Å². The van der Waals surface area contributed by atoms with Crippen LogP contribution in [0.15, 0.2) is 41.4 Å². The molecule has 0 saturated heterocycles. The Morgan fingerprint density at radius 3 is 2.47 bits per heavy atom. The molecule has 0 radical (unpaired) electrons. The van der Waals surface area contributed by atoms with E-state index < -0.39 is 0 Å².